The van der Waals surface area contributed by atoms with Gasteiger partial charge in [-0.2, -0.15) is 0 Å². The van der Waals surface area contributed by atoms with Gasteiger partial charge in [0.15, 0.2) is 0 Å². The molecule has 1 aromatic rings. The van der Waals surface area contributed by atoms with Gasteiger partial charge < -0.3 is 19.7 Å². The molecule has 1 aromatic carbocycles. The van der Waals surface area contributed by atoms with E-state index in [2.05, 4.69) is 10.1 Å². The van der Waals surface area contributed by atoms with Gasteiger partial charge in [-0.15, -0.1) is 0 Å². The Bertz CT molecular complexity index is 692. The Hall–Kier alpha value is -2.57. The molecule has 1 atom stereocenters. The lowest BCUT2D eigenvalue weighted by atomic mass is 9.93. The quantitative estimate of drug-likeness (QED) is 0.606. The molecule has 1 fully saturated rings. The van der Waals surface area contributed by atoms with Crippen LogP contribution >= 0.6 is 0 Å². The fraction of sp³-hybridized carbons (Fsp3) is 0.591. The maximum absolute atomic E-state index is 12.3. The molecule has 1 heterocycles. The van der Waals surface area contributed by atoms with Crippen LogP contribution in [-0.2, 0) is 25.7 Å². The maximum atomic E-state index is 12.3. The molecule has 1 saturated heterocycles. The molecule has 7 nitrogen and oxygen atoms in total. The van der Waals surface area contributed by atoms with E-state index in [0.29, 0.717) is 38.3 Å². The fourth-order valence-electron chi connectivity index (χ4n) is 3.58. The molecule has 1 aliphatic heterocycles. The van der Waals surface area contributed by atoms with E-state index in [1.165, 1.54) is 7.11 Å². The molecule has 0 bridgehead atoms. The lowest BCUT2D eigenvalue weighted by molar-refractivity contribution is -0.141. The molecule has 29 heavy (non-hydrogen) atoms. The minimum atomic E-state index is -0.283. The number of piperidine rings is 1. The Kier molecular flexibility index (Phi) is 9.47. The predicted octanol–water partition coefficient (Wildman–Crippen LogP) is 2.67. The van der Waals surface area contributed by atoms with Gasteiger partial charge >= 0.3 is 5.97 Å². The largest absolute Gasteiger partial charge is 0.497 e. The second-order valence-electron chi connectivity index (χ2n) is 7.44. The monoisotopic (exact) mass is 404 g/mol. The van der Waals surface area contributed by atoms with Gasteiger partial charge in [0.2, 0.25) is 11.8 Å². The van der Waals surface area contributed by atoms with Gasteiger partial charge in [0.05, 0.1) is 14.2 Å². The lowest BCUT2D eigenvalue weighted by Crippen LogP contribution is -2.40. The predicted molar refractivity (Wildman–Crippen MR) is 109 cm³/mol. The minimum absolute atomic E-state index is 0.0225. The van der Waals surface area contributed by atoms with Crippen LogP contribution in [0.25, 0.3) is 0 Å². The van der Waals surface area contributed by atoms with Gasteiger partial charge in [-0.3, -0.25) is 14.4 Å². The highest BCUT2D eigenvalue weighted by molar-refractivity contribution is 5.77. The Balaban J connectivity index is 1.68. The summed E-state index contributed by atoms with van der Waals surface area (Å²) in [7, 11) is 2.97. The first-order chi connectivity index (χ1) is 14.0. The number of nitrogens with one attached hydrogen (secondary N) is 1. The number of amides is 2. The molecule has 1 aliphatic rings. The molecule has 0 aliphatic carbocycles. The summed E-state index contributed by atoms with van der Waals surface area (Å²) in [6.45, 7) is 1.93. The van der Waals surface area contributed by atoms with Crippen LogP contribution in [0.5, 0.6) is 5.75 Å². The summed E-state index contributed by atoms with van der Waals surface area (Å²) >= 11 is 0. The number of nitrogens with zero attached hydrogens (tertiary/aromatic N) is 1. The fourth-order valence-corrected chi connectivity index (χ4v) is 3.58. The second kappa shape index (κ2) is 12.1. The van der Waals surface area contributed by atoms with Gasteiger partial charge in [0.25, 0.3) is 0 Å². The number of rotatable bonds is 10. The number of hydrogen-bond donors (Lipinski definition) is 1. The molecule has 0 aromatic heterocycles. The van der Waals surface area contributed by atoms with Gasteiger partial charge in [-0.1, -0.05) is 12.1 Å². The Morgan fingerprint density at radius 3 is 2.76 bits per heavy atom. The van der Waals surface area contributed by atoms with E-state index in [1.54, 1.807) is 7.11 Å². The molecule has 2 amide bonds. The van der Waals surface area contributed by atoms with Crippen molar-refractivity contribution in [1.29, 1.82) is 0 Å². The van der Waals surface area contributed by atoms with Crippen LogP contribution in [0.2, 0.25) is 0 Å². The van der Waals surface area contributed by atoms with Gasteiger partial charge in [0, 0.05) is 38.9 Å². The highest BCUT2D eigenvalue weighted by atomic mass is 16.5. The zero-order chi connectivity index (χ0) is 21.1. The van der Waals surface area contributed by atoms with Crippen molar-refractivity contribution in [2.45, 2.75) is 51.5 Å². The van der Waals surface area contributed by atoms with E-state index >= 15 is 0 Å². The molecule has 0 saturated carbocycles. The summed E-state index contributed by atoms with van der Waals surface area (Å²) in [5, 5.41) is 2.95. The van der Waals surface area contributed by atoms with Crippen LogP contribution in [-0.4, -0.2) is 50.0 Å². The Morgan fingerprint density at radius 2 is 2.00 bits per heavy atom. The van der Waals surface area contributed by atoms with Gasteiger partial charge in [0.1, 0.15) is 5.75 Å². The second-order valence-corrected chi connectivity index (χ2v) is 7.44. The van der Waals surface area contributed by atoms with Crippen molar-refractivity contribution in [1.82, 2.24) is 10.2 Å². The number of carbonyl (C=O) groups excluding carboxylic acids is 3. The van der Waals surface area contributed by atoms with E-state index in [-0.39, 0.29) is 24.2 Å². The summed E-state index contributed by atoms with van der Waals surface area (Å²) in [5.74, 6) is 0.941. The van der Waals surface area contributed by atoms with E-state index in [9.17, 15) is 14.4 Å². The van der Waals surface area contributed by atoms with E-state index in [4.69, 9.17) is 4.74 Å². The smallest absolute Gasteiger partial charge is 0.305 e. The van der Waals surface area contributed by atoms with Crippen molar-refractivity contribution < 1.29 is 23.9 Å². The van der Waals surface area contributed by atoms with Crippen LogP contribution in [0.3, 0.4) is 0 Å². The molecule has 0 radical (unpaired) electrons. The lowest BCUT2D eigenvalue weighted by Gasteiger charge is -2.33. The number of carbonyl (C=O) groups is 3. The normalized spacial score (nSPS) is 16.2. The minimum Gasteiger partial charge on any atom is -0.497 e. The SMILES string of the molecule is COC(=O)CCCC(=O)N1CCC[C@@H](CCC(=O)NCc2cccc(OC)c2)C1. The highest BCUT2D eigenvalue weighted by Gasteiger charge is 2.24. The number of likely N-dealkylation sites (tertiary alicyclic amines) is 1. The van der Waals surface area contributed by atoms with Crippen molar-refractivity contribution in [2.75, 3.05) is 27.3 Å². The topological polar surface area (TPSA) is 84.9 Å². The summed E-state index contributed by atoms with van der Waals surface area (Å²) < 4.78 is 9.79. The average molecular weight is 405 g/mol. The third kappa shape index (κ3) is 8.13. The summed E-state index contributed by atoms with van der Waals surface area (Å²) in [4.78, 5) is 37.6. The van der Waals surface area contributed by atoms with Crippen LogP contribution < -0.4 is 10.1 Å². The summed E-state index contributed by atoms with van der Waals surface area (Å²) in [6, 6.07) is 7.63. The Morgan fingerprint density at radius 1 is 1.17 bits per heavy atom. The van der Waals surface area contributed by atoms with Crippen LogP contribution in [0, 0.1) is 5.92 Å². The maximum Gasteiger partial charge on any atom is 0.305 e. The molecular weight excluding hydrogens is 372 g/mol. The number of benzene rings is 1. The van der Waals surface area contributed by atoms with Crippen molar-refractivity contribution in [3.05, 3.63) is 29.8 Å². The van der Waals surface area contributed by atoms with Gasteiger partial charge in [-0.05, 0) is 49.3 Å². The first kappa shape index (κ1) is 22.7. The van der Waals surface area contributed by atoms with Crippen LogP contribution in [0.15, 0.2) is 24.3 Å². The standard InChI is InChI=1S/C22H32N2O5/c1-28-19-8-3-6-18(14-19)15-23-20(25)12-11-17-7-5-13-24(16-17)21(26)9-4-10-22(27)29-2/h3,6,8,14,17H,4-5,7,9-13,15-16H2,1-2H3,(H,23,25)/t17-/m0/s1. The van der Waals surface area contributed by atoms with Crippen molar-refractivity contribution in [3.8, 4) is 5.75 Å². The van der Waals surface area contributed by atoms with Gasteiger partial charge in [-0.25, -0.2) is 0 Å². The molecular formula is C22H32N2O5. The summed E-state index contributed by atoms with van der Waals surface area (Å²) in [6.07, 6.45) is 4.37. The molecule has 2 rings (SSSR count). The van der Waals surface area contributed by atoms with Crippen molar-refractivity contribution in [2.24, 2.45) is 5.92 Å². The summed E-state index contributed by atoms with van der Waals surface area (Å²) in [5.41, 5.74) is 0.999. The van der Waals surface area contributed by atoms with E-state index in [0.717, 1.165) is 37.1 Å². The first-order valence-corrected chi connectivity index (χ1v) is 10.3. The number of hydrogen-bond acceptors (Lipinski definition) is 5. The molecule has 0 unspecified atom stereocenters. The van der Waals surface area contributed by atoms with Crippen molar-refractivity contribution >= 4 is 17.8 Å². The Labute approximate surface area is 172 Å². The molecule has 0 spiro atoms. The van der Waals surface area contributed by atoms with Crippen molar-refractivity contribution in [3.63, 3.8) is 0 Å². The van der Waals surface area contributed by atoms with Crippen LogP contribution in [0.1, 0.15) is 50.5 Å². The molecule has 160 valence electrons. The zero-order valence-corrected chi connectivity index (χ0v) is 17.4. The number of esters is 1. The number of ether oxygens (including phenoxy) is 2. The van der Waals surface area contributed by atoms with Crippen LogP contribution in [0.4, 0.5) is 0 Å². The highest BCUT2D eigenvalue weighted by Crippen LogP contribution is 2.22. The third-order valence-electron chi connectivity index (χ3n) is 5.27. The number of methoxy groups -OCH3 is 2. The molecule has 7 heteroatoms. The molecule has 1 N–H and O–H groups in total. The van der Waals surface area contributed by atoms with E-state index < -0.39 is 0 Å². The third-order valence-corrected chi connectivity index (χ3v) is 5.27. The average Bonchev–Trinajstić information content (AvgIpc) is 2.76. The van der Waals surface area contributed by atoms with E-state index in [1.807, 2.05) is 29.2 Å². The first-order valence-electron chi connectivity index (χ1n) is 10.3. The zero-order valence-electron chi connectivity index (χ0n) is 17.4.